The Kier molecular flexibility index (Phi) is 5.72. The summed E-state index contributed by atoms with van der Waals surface area (Å²) in [4.78, 5) is 15.7. The van der Waals surface area contributed by atoms with Crippen molar-refractivity contribution in [2.45, 2.75) is 57.4 Å². The zero-order valence-electron chi connectivity index (χ0n) is 15.9. The molecule has 0 aliphatic carbocycles. The first kappa shape index (κ1) is 19.4. The summed E-state index contributed by atoms with van der Waals surface area (Å²) >= 11 is 0. The van der Waals surface area contributed by atoms with Crippen LogP contribution in [0.15, 0.2) is 30.3 Å². The van der Waals surface area contributed by atoms with E-state index < -0.39 is 15.4 Å². The second-order valence-corrected chi connectivity index (χ2v) is 9.85. The highest BCUT2D eigenvalue weighted by molar-refractivity contribution is 7.89. The fraction of sp³-hybridized carbons (Fsp3) is 0.650. The van der Waals surface area contributed by atoms with E-state index in [9.17, 15) is 13.2 Å². The first-order valence-corrected chi connectivity index (χ1v) is 11.4. The molecule has 1 atom stereocenters. The molecule has 0 N–H and O–H groups in total. The molecule has 2 fully saturated rings. The minimum atomic E-state index is -3.21. The number of hydrogen-bond donors (Lipinski definition) is 0. The molecule has 0 spiro atoms. The molecular weight excluding hydrogens is 348 g/mol. The van der Waals surface area contributed by atoms with E-state index >= 15 is 0 Å². The van der Waals surface area contributed by atoms with Gasteiger partial charge in [0.2, 0.25) is 15.9 Å². The maximum absolute atomic E-state index is 13.7. The molecule has 1 aromatic carbocycles. The molecule has 1 unspecified atom stereocenters. The van der Waals surface area contributed by atoms with E-state index in [0.717, 1.165) is 24.9 Å². The first-order valence-electron chi connectivity index (χ1n) is 9.75. The monoisotopic (exact) mass is 378 g/mol. The van der Waals surface area contributed by atoms with Gasteiger partial charge in [0, 0.05) is 25.7 Å². The van der Waals surface area contributed by atoms with Crippen molar-refractivity contribution in [1.29, 1.82) is 0 Å². The zero-order chi connectivity index (χ0) is 18.8. The van der Waals surface area contributed by atoms with Crippen molar-refractivity contribution in [1.82, 2.24) is 9.21 Å². The minimum absolute atomic E-state index is 0.114. The lowest BCUT2D eigenvalue weighted by Gasteiger charge is -2.45. The molecule has 144 valence electrons. The highest BCUT2D eigenvalue weighted by atomic mass is 32.2. The second kappa shape index (κ2) is 7.69. The summed E-state index contributed by atoms with van der Waals surface area (Å²) < 4.78 is 26.1. The van der Waals surface area contributed by atoms with Crippen LogP contribution in [0.1, 0.15) is 51.5 Å². The number of carbonyl (C=O) groups is 1. The molecule has 26 heavy (non-hydrogen) atoms. The number of benzene rings is 1. The maximum atomic E-state index is 13.7. The second-order valence-electron chi connectivity index (χ2n) is 7.59. The van der Waals surface area contributed by atoms with Crippen molar-refractivity contribution in [3.63, 3.8) is 0 Å². The van der Waals surface area contributed by atoms with E-state index in [0.29, 0.717) is 25.9 Å². The molecule has 0 aromatic heterocycles. The lowest BCUT2D eigenvalue weighted by Crippen LogP contribution is -2.56. The van der Waals surface area contributed by atoms with Crippen molar-refractivity contribution < 1.29 is 13.2 Å². The summed E-state index contributed by atoms with van der Waals surface area (Å²) in [5.41, 5.74) is 0.420. The Morgan fingerprint density at radius 1 is 1.12 bits per heavy atom. The summed E-state index contributed by atoms with van der Waals surface area (Å²) in [5, 5.41) is 0. The fourth-order valence-electron chi connectivity index (χ4n) is 4.39. The average Bonchev–Trinajstić information content (AvgIpc) is 2.68. The molecule has 0 bridgehead atoms. The molecule has 2 heterocycles. The summed E-state index contributed by atoms with van der Waals surface area (Å²) in [7, 11) is -3.21. The summed E-state index contributed by atoms with van der Waals surface area (Å²) in [6.45, 7) is 5.45. The van der Waals surface area contributed by atoms with Gasteiger partial charge in [0.1, 0.15) is 0 Å². The Hall–Kier alpha value is -1.40. The Morgan fingerprint density at radius 2 is 1.77 bits per heavy atom. The van der Waals surface area contributed by atoms with Crippen molar-refractivity contribution in [2.24, 2.45) is 0 Å². The minimum Gasteiger partial charge on any atom is -0.339 e. The van der Waals surface area contributed by atoms with E-state index in [4.69, 9.17) is 0 Å². The van der Waals surface area contributed by atoms with Gasteiger partial charge in [0.25, 0.3) is 0 Å². The molecule has 5 nitrogen and oxygen atoms in total. The van der Waals surface area contributed by atoms with E-state index in [-0.39, 0.29) is 17.7 Å². The van der Waals surface area contributed by atoms with E-state index in [1.165, 1.54) is 6.42 Å². The number of amides is 1. The molecule has 1 amide bonds. The van der Waals surface area contributed by atoms with Gasteiger partial charge in [0.15, 0.2) is 0 Å². The van der Waals surface area contributed by atoms with Crippen LogP contribution in [0.2, 0.25) is 0 Å². The number of carbonyl (C=O) groups excluding carboxylic acids is 1. The van der Waals surface area contributed by atoms with Gasteiger partial charge in [-0.1, -0.05) is 30.3 Å². The molecule has 3 rings (SSSR count). The maximum Gasteiger partial charge on any atom is 0.233 e. The number of sulfonamides is 1. The van der Waals surface area contributed by atoms with Crippen molar-refractivity contribution in [3.05, 3.63) is 35.9 Å². The number of nitrogens with zero attached hydrogens (tertiary/aromatic N) is 2. The number of hydrogen-bond acceptors (Lipinski definition) is 3. The van der Waals surface area contributed by atoms with Gasteiger partial charge in [0.05, 0.1) is 11.2 Å². The van der Waals surface area contributed by atoms with Gasteiger partial charge in [-0.15, -0.1) is 0 Å². The Bertz CT molecular complexity index is 725. The lowest BCUT2D eigenvalue weighted by atomic mass is 9.71. The molecule has 2 aliphatic heterocycles. The topological polar surface area (TPSA) is 57.7 Å². The van der Waals surface area contributed by atoms with Crippen LogP contribution in [0.5, 0.6) is 0 Å². The van der Waals surface area contributed by atoms with Crippen LogP contribution in [-0.2, 0) is 20.2 Å². The van der Waals surface area contributed by atoms with E-state index in [1.807, 2.05) is 35.2 Å². The molecule has 6 heteroatoms. The first-order chi connectivity index (χ1) is 12.4. The molecular formula is C20H30N2O3S. The van der Waals surface area contributed by atoms with E-state index in [2.05, 4.69) is 6.92 Å². The third-order valence-electron chi connectivity index (χ3n) is 6.13. The third kappa shape index (κ3) is 3.54. The van der Waals surface area contributed by atoms with E-state index in [1.54, 1.807) is 11.2 Å². The predicted octanol–water partition coefficient (Wildman–Crippen LogP) is 2.77. The molecule has 1 aromatic rings. The summed E-state index contributed by atoms with van der Waals surface area (Å²) in [6.07, 6.45) is 4.38. The standard InChI is InChI=1S/C20H30N2O3S/c1-3-26(24,25)21-15-12-20(13-16-21,18-10-5-4-6-11-18)19(23)22-14-8-7-9-17(22)2/h4-6,10-11,17H,3,7-9,12-16H2,1-2H3. The molecule has 2 saturated heterocycles. The van der Waals surface area contributed by atoms with Crippen molar-refractivity contribution in [3.8, 4) is 0 Å². The van der Waals surface area contributed by atoms with Crippen LogP contribution in [0.25, 0.3) is 0 Å². The third-order valence-corrected chi connectivity index (χ3v) is 8.02. The quantitative estimate of drug-likeness (QED) is 0.809. The van der Waals surface area contributed by atoms with Gasteiger partial charge >= 0.3 is 0 Å². The SMILES string of the molecule is CCS(=O)(=O)N1CCC(C(=O)N2CCCCC2C)(c2ccccc2)CC1. The van der Waals surface area contributed by atoms with Gasteiger partial charge in [-0.2, -0.15) is 0 Å². The summed E-state index contributed by atoms with van der Waals surface area (Å²) in [5.74, 6) is 0.298. The van der Waals surface area contributed by atoms with Crippen LogP contribution in [0, 0.1) is 0 Å². The molecule has 2 aliphatic rings. The highest BCUT2D eigenvalue weighted by Gasteiger charge is 2.47. The fourth-order valence-corrected chi connectivity index (χ4v) is 5.49. The Labute approximate surface area is 157 Å². The van der Waals surface area contributed by atoms with Gasteiger partial charge in [-0.05, 0) is 51.5 Å². The number of rotatable bonds is 4. The van der Waals surface area contributed by atoms with Crippen LogP contribution in [-0.4, -0.2) is 55.0 Å². The van der Waals surface area contributed by atoms with Crippen LogP contribution >= 0.6 is 0 Å². The van der Waals surface area contributed by atoms with Crippen molar-refractivity contribution in [2.75, 3.05) is 25.4 Å². The number of piperidine rings is 2. The van der Waals surface area contributed by atoms with Crippen LogP contribution < -0.4 is 0 Å². The smallest absolute Gasteiger partial charge is 0.233 e. The Morgan fingerprint density at radius 3 is 2.35 bits per heavy atom. The van der Waals surface area contributed by atoms with Gasteiger partial charge in [-0.25, -0.2) is 12.7 Å². The normalized spacial score (nSPS) is 24.4. The van der Waals surface area contributed by atoms with Gasteiger partial charge < -0.3 is 4.90 Å². The highest BCUT2D eigenvalue weighted by Crippen LogP contribution is 2.39. The average molecular weight is 379 g/mol. The lowest BCUT2D eigenvalue weighted by molar-refractivity contribution is -0.142. The predicted molar refractivity (Wildman–Crippen MR) is 103 cm³/mol. The van der Waals surface area contributed by atoms with Gasteiger partial charge in [-0.3, -0.25) is 4.79 Å². The number of likely N-dealkylation sites (tertiary alicyclic amines) is 1. The van der Waals surface area contributed by atoms with Crippen molar-refractivity contribution >= 4 is 15.9 Å². The molecule has 0 radical (unpaired) electrons. The van der Waals surface area contributed by atoms with Crippen LogP contribution in [0.3, 0.4) is 0 Å². The molecule has 0 saturated carbocycles. The van der Waals surface area contributed by atoms with Crippen LogP contribution in [0.4, 0.5) is 0 Å². The zero-order valence-corrected chi connectivity index (χ0v) is 16.7. The summed E-state index contributed by atoms with van der Waals surface area (Å²) in [6, 6.07) is 10.2. The largest absolute Gasteiger partial charge is 0.339 e. The Balaban J connectivity index is 1.91.